The van der Waals surface area contributed by atoms with Gasteiger partial charge in [0.2, 0.25) is 0 Å². The molecule has 0 saturated heterocycles. The minimum Gasteiger partial charge on any atom is -0.309 e. The summed E-state index contributed by atoms with van der Waals surface area (Å²) in [6, 6.07) is 124. The molecule has 12 heterocycles. The number of benzene rings is 16. The molecule has 28 rings (SSSR count). The van der Waals surface area contributed by atoms with Crippen molar-refractivity contribution in [2.24, 2.45) is 0 Å². The van der Waals surface area contributed by atoms with E-state index in [4.69, 9.17) is 19.9 Å². The molecule has 0 aliphatic rings. The molecule has 0 fully saturated rings. The fraction of sp³-hybridized carbons (Fsp3) is 0. The summed E-state index contributed by atoms with van der Waals surface area (Å²) in [6.45, 7) is 0. The summed E-state index contributed by atoms with van der Waals surface area (Å²) in [7, 11) is 0. The van der Waals surface area contributed by atoms with Crippen molar-refractivity contribution in [3.05, 3.63) is 439 Å². The first-order chi connectivity index (χ1) is 65.5. The van der Waals surface area contributed by atoms with Crippen LogP contribution in [0.25, 0.3) is 264 Å². The van der Waals surface area contributed by atoms with Crippen LogP contribution in [0.2, 0.25) is 0 Å². The quantitative estimate of drug-likeness (QED) is 0.111. The summed E-state index contributed by atoms with van der Waals surface area (Å²) in [5.74, 6) is 0. The van der Waals surface area contributed by atoms with Gasteiger partial charge < -0.3 is 18.3 Å². The van der Waals surface area contributed by atoms with Gasteiger partial charge in [0.05, 0.1) is 44.1 Å². The highest BCUT2D eigenvalue weighted by Crippen LogP contribution is 2.52. The second-order valence-electron chi connectivity index (χ2n) is 34.3. The average molecular weight is 1680 g/mol. The summed E-state index contributed by atoms with van der Waals surface area (Å²) in [6.07, 6.45) is 30.6. The van der Waals surface area contributed by atoms with Crippen molar-refractivity contribution in [1.29, 1.82) is 0 Å². The Morgan fingerprint density at radius 2 is 0.318 bits per heavy atom. The lowest BCUT2D eigenvalue weighted by molar-refractivity contribution is 1.18. The number of fused-ring (bicyclic) bond motifs is 16. The van der Waals surface area contributed by atoms with Crippen molar-refractivity contribution in [3.63, 3.8) is 0 Å². The van der Waals surface area contributed by atoms with Crippen LogP contribution >= 0.6 is 0 Å². The summed E-state index contributed by atoms with van der Waals surface area (Å²) >= 11 is 0. The summed E-state index contributed by atoms with van der Waals surface area (Å²) in [5.41, 5.74) is 31.7. The van der Waals surface area contributed by atoms with E-state index >= 15 is 0 Å². The Balaban J connectivity index is 0.000000135. The molecule has 0 radical (unpaired) electrons. The second kappa shape index (κ2) is 29.8. The summed E-state index contributed by atoms with van der Waals surface area (Å²) in [4.78, 5) is 36.2. The van der Waals surface area contributed by atoms with Gasteiger partial charge in [-0.15, -0.1) is 0 Å². The predicted molar refractivity (Wildman–Crippen MR) is 543 cm³/mol. The van der Waals surface area contributed by atoms with Crippen LogP contribution in [0.4, 0.5) is 0 Å². The minimum absolute atomic E-state index is 1.07. The SMILES string of the molecule is c1cc(-c2cc(-c3ccncc3)cc(-n3c4ccncc4c4c5ccc6cc7c(c8ccc(cc43)c5c68)c3cnccc3n7-c3cc(-c4ccncc4)cc(-c4ccncc4)c3)c2)ccn1.c1ccc(-c2cc(-c3ccccc3)cc(-n3c4ccncc4c4c5ccc6cc7c(c8ccc(cc43)c5c68)c3cnccc3n7-c3cc(-c4ccccc4)cc(-c4ccccc4)c3)c2)cc1. The molecule has 0 unspecified atom stereocenters. The third kappa shape index (κ3) is 11.8. The van der Waals surface area contributed by atoms with Crippen LogP contribution in [-0.2, 0) is 0 Å². The molecule has 0 aliphatic carbocycles. The third-order valence-corrected chi connectivity index (χ3v) is 27.1. The van der Waals surface area contributed by atoms with Crippen LogP contribution in [0.5, 0.6) is 0 Å². The third-order valence-electron chi connectivity index (χ3n) is 27.1. The fourth-order valence-corrected chi connectivity index (χ4v) is 21.4. The summed E-state index contributed by atoms with van der Waals surface area (Å²) < 4.78 is 9.72. The van der Waals surface area contributed by atoms with Crippen LogP contribution in [-0.4, -0.2) is 58.1 Å². The molecule has 0 aliphatic heterocycles. The van der Waals surface area contributed by atoms with E-state index in [0.29, 0.717) is 0 Å². The molecule has 0 amide bonds. The first kappa shape index (κ1) is 74.3. The van der Waals surface area contributed by atoms with E-state index in [2.05, 4.69) is 390 Å². The van der Waals surface area contributed by atoms with E-state index in [1.807, 2.05) is 86.8 Å². The number of hydrogen-bond donors (Lipinski definition) is 0. The van der Waals surface area contributed by atoms with Crippen LogP contribution in [0.3, 0.4) is 0 Å². The average Bonchev–Trinajstić information content (AvgIpc) is 1.28. The van der Waals surface area contributed by atoms with E-state index in [9.17, 15) is 0 Å². The Kier molecular flexibility index (Phi) is 16.8. The van der Waals surface area contributed by atoms with Gasteiger partial charge in [-0.25, -0.2) is 0 Å². The van der Waals surface area contributed by atoms with Gasteiger partial charge in [0, 0.05) is 165 Å². The first-order valence-corrected chi connectivity index (χ1v) is 44.5. The van der Waals surface area contributed by atoms with Crippen LogP contribution in [0.15, 0.2) is 439 Å². The maximum absolute atomic E-state index is 4.74. The molecule has 12 nitrogen and oxygen atoms in total. The molecule has 12 heteroatoms. The zero-order valence-electron chi connectivity index (χ0n) is 70.9. The van der Waals surface area contributed by atoms with E-state index in [0.717, 1.165) is 133 Å². The van der Waals surface area contributed by atoms with Crippen molar-refractivity contribution in [1.82, 2.24) is 58.1 Å². The molecule has 612 valence electrons. The lowest BCUT2D eigenvalue weighted by atomic mass is 9.90. The van der Waals surface area contributed by atoms with Crippen LogP contribution in [0.1, 0.15) is 0 Å². The molecule has 16 aromatic carbocycles. The van der Waals surface area contributed by atoms with E-state index < -0.39 is 0 Å². The van der Waals surface area contributed by atoms with Crippen molar-refractivity contribution in [3.8, 4) is 112 Å². The molecule has 0 spiro atoms. The molecule has 28 aromatic rings. The molecule has 0 N–H and O–H groups in total. The Hall–Kier alpha value is -18.0. The smallest absolute Gasteiger partial charge is 0.0572 e. The van der Waals surface area contributed by atoms with Gasteiger partial charge in [-0.1, -0.05) is 170 Å². The zero-order valence-corrected chi connectivity index (χ0v) is 70.9. The molecule has 0 atom stereocenters. The fourth-order valence-electron chi connectivity index (χ4n) is 21.4. The molecule has 0 bridgehead atoms. The molecule has 12 aromatic heterocycles. The standard InChI is InChI=1S/C62H38N4.C58H34N8/c1-5-13-39(14-6-1)45-29-46(40-15-7-2-8-16-40)32-49(31-45)65-55-25-27-63-37-53(55)61-51-23-22-44-36-58-62(52-24-21-43(35-57(61)65)59(51)60(44)52)54-38-64-28-26-56(54)66(58)50-33-47(41-17-9-3-10-18-41)30-48(34-50)42-19-11-4-12-20-42;1-3-47-56-40(32-54-57(47)49-33-63-23-13-51(49)66(54)46-29-43(37-9-19-61-20-10-37)26-44(30-46)38-11-21-62-22-12-38)2-4-48-55(56)39(1)31-53-58(48)50-34-64-24-14-52(50)65(53)45-27-41(35-5-15-59-16-6-35)25-42(28-45)36-7-17-60-18-8-36/h1-38H;1-34H. The normalized spacial score (nSPS) is 11.9. The molecule has 0 saturated carbocycles. The Bertz CT molecular complexity index is 8160. The highest BCUT2D eigenvalue weighted by Gasteiger charge is 2.28. The van der Waals surface area contributed by atoms with Gasteiger partial charge in [0.15, 0.2) is 0 Å². The van der Waals surface area contributed by atoms with Gasteiger partial charge >= 0.3 is 0 Å². The summed E-state index contributed by atoms with van der Waals surface area (Å²) in [5, 5.41) is 23.9. The Morgan fingerprint density at radius 3 is 0.523 bits per heavy atom. The van der Waals surface area contributed by atoms with E-state index in [1.54, 1.807) is 0 Å². The minimum atomic E-state index is 1.07. The van der Waals surface area contributed by atoms with Crippen molar-refractivity contribution in [2.75, 3.05) is 0 Å². The van der Waals surface area contributed by atoms with Crippen LogP contribution in [0, 0.1) is 0 Å². The lowest BCUT2D eigenvalue weighted by Gasteiger charge is -2.16. The van der Waals surface area contributed by atoms with Gasteiger partial charge in [0.1, 0.15) is 0 Å². The van der Waals surface area contributed by atoms with Crippen molar-refractivity contribution >= 4 is 152 Å². The highest BCUT2D eigenvalue weighted by atomic mass is 15.0. The lowest BCUT2D eigenvalue weighted by Crippen LogP contribution is -1.97. The highest BCUT2D eigenvalue weighted by molar-refractivity contribution is 6.40. The molecular formula is C120H72N12. The van der Waals surface area contributed by atoms with Crippen molar-refractivity contribution < 1.29 is 0 Å². The van der Waals surface area contributed by atoms with E-state index in [1.165, 1.54) is 131 Å². The molecule has 132 heavy (non-hydrogen) atoms. The number of nitrogens with zero attached hydrogens (tertiary/aromatic N) is 12. The number of aromatic nitrogens is 12. The van der Waals surface area contributed by atoms with Gasteiger partial charge in [-0.2, -0.15) is 0 Å². The monoisotopic (exact) mass is 1680 g/mol. The number of hydrogen-bond acceptors (Lipinski definition) is 8. The van der Waals surface area contributed by atoms with Gasteiger partial charge in [0.25, 0.3) is 0 Å². The van der Waals surface area contributed by atoms with Gasteiger partial charge in [-0.3, -0.25) is 39.9 Å². The van der Waals surface area contributed by atoms with Crippen molar-refractivity contribution in [2.45, 2.75) is 0 Å². The topological polar surface area (TPSA) is 123 Å². The zero-order chi connectivity index (χ0) is 86.6. The second-order valence-corrected chi connectivity index (χ2v) is 34.3. The van der Waals surface area contributed by atoms with Gasteiger partial charge in [-0.05, 0) is 324 Å². The largest absolute Gasteiger partial charge is 0.309 e. The maximum Gasteiger partial charge on any atom is 0.0572 e. The number of pyridine rings is 8. The Labute approximate surface area is 755 Å². The predicted octanol–water partition coefficient (Wildman–Crippen LogP) is 30.1. The molecular weight excluding hydrogens is 1610 g/mol. The number of rotatable bonds is 12. The Morgan fingerprint density at radius 1 is 0.129 bits per heavy atom. The van der Waals surface area contributed by atoms with E-state index in [-0.39, 0.29) is 0 Å². The first-order valence-electron chi connectivity index (χ1n) is 44.5. The van der Waals surface area contributed by atoms with Crippen LogP contribution < -0.4 is 0 Å². The maximum atomic E-state index is 4.74.